The van der Waals surface area contributed by atoms with Crippen molar-refractivity contribution in [3.8, 4) is 5.75 Å². The number of benzene rings is 2. The summed E-state index contributed by atoms with van der Waals surface area (Å²) in [5, 5.41) is 0. The molecule has 0 N–H and O–H groups in total. The van der Waals surface area contributed by atoms with Crippen molar-refractivity contribution in [2.24, 2.45) is 0 Å². The third-order valence-corrected chi connectivity index (χ3v) is 5.18. The van der Waals surface area contributed by atoms with E-state index in [9.17, 15) is 4.79 Å². The number of imidazole rings is 1. The van der Waals surface area contributed by atoms with Crippen LogP contribution in [0.5, 0.6) is 5.75 Å². The number of hydrogen-bond donors (Lipinski definition) is 0. The zero-order valence-electron chi connectivity index (χ0n) is 15.0. The number of carbonyl (C=O) groups excluding carboxylic acids is 1. The van der Waals surface area contributed by atoms with Gasteiger partial charge in [-0.3, -0.25) is 4.79 Å². The Morgan fingerprint density at radius 1 is 1.15 bits per heavy atom. The molecule has 134 valence electrons. The van der Waals surface area contributed by atoms with E-state index in [0.29, 0.717) is 12.5 Å². The molecule has 1 saturated heterocycles. The summed E-state index contributed by atoms with van der Waals surface area (Å²) in [6.45, 7) is 1.58. The van der Waals surface area contributed by atoms with Gasteiger partial charge < -0.3 is 14.2 Å². The number of aromatic nitrogens is 2. The SMILES string of the molecule is COc1cccc(CC(=O)N2CCC(n3cnc4ccccc43)CC2)c1. The fourth-order valence-electron chi connectivity index (χ4n) is 3.73. The van der Waals surface area contributed by atoms with Crippen molar-refractivity contribution in [3.63, 3.8) is 0 Å². The second-order valence-corrected chi connectivity index (χ2v) is 6.78. The van der Waals surface area contributed by atoms with E-state index in [1.165, 1.54) is 5.52 Å². The molecule has 1 aliphatic rings. The van der Waals surface area contributed by atoms with E-state index >= 15 is 0 Å². The first-order chi connectivity index (χ1) is 12.7. The van der Waals surface area contributed by atoms with Crippen molar-refractivity contribution in [2.75, 3.05) is 20.2 Å². The molecule has 0 unspecified atom stereocenters. The van der Waals surface area contributed by atoms with Gasteiger partial charge in [0, 0.05) is 19.1 Å². The zero-order chi connectivity index (χ0) is 17.9. The number of hydrogen-bond acceptors (Lipinski definition) is 3. The van der Waals surface area contributed by atoms with Crippen molar-refractivity contribution in [1.29, 1.82) is 0 Å². The molecule has 5 nitrogen and oxygen atoms in total. The second kappa shape index (κ2) is 7.20. The van der Waals surface area contributed by atoms with Crippen LogP contribution in [0.25, 0.3) is 11.0 Å². The average molecular weight is 349 g/mol. The number of amides is 1. The lowest BCUT2D eigenvalue weighted by Gasteiger charge is -2.33. The van der Waals surface area contributed by atoms with Gasteiger partial charge in [-0.05, 0) is 42.7 Å². The molecule has 0 atom stereocenters. The molecule has 4 rings (SSSR count). The minimum absolute atomic E-state index is 0.187. The van der Waals surface area contributed by atoms with E-state index < -0.39 is 0 Å². The van der Waals surface area contributed by atoms with Crippen molar-refractivity contribution in [2.45, 2.75) is 25.3 Å². The summed E-state index contributed by atoms with van der Waals surface area (Å²) in [6.07, 6.45) is 4.29. The van der Waals surface area contributed by atoms with Crippen molar-refractivity contribution in [3.05, 3.63) is 60.4 Å². The van der Waals surface area contributed by atoms with Gasteiger partial charge in [-0.1, -0.05) is 24.3 Å². The molecule has 0 saturated carbocycles. The molecule has 0 spiro atoms. The van der Waals surface area contributed by atoms with Gasteiger partial charge in [0.25, 0.3) is 0 Å². The van der Waals surface area contributed by atoms with Crippen molar-refractivity contribution < 1.29 is 9.53 Å². The summed E-state index contributed by atoms with van der Waals surface area (Å²) in [4.78, 5) is 19.1. The molecule has 0 aliphatic carbocycles. The molecular formula is C21H23N3O2. The first kappa shape index (κ1) is 16.6. The van der Waals surface area contributed by atoms with Gasteiger partial charge in [-0.2, -0.15) is 0 Å². The monoisotopic (exact) mass is 349 g/mol. The Morgan fingerprint density at radius 2 is 1.96 bits per heavy atom. The van der Waals surface area contributed by atoms with E-state index in [2.05, 4.69) is 15.6 Å². The molecule has 2 aromatic carbocycles. The van der Waals surface area contributed by atoms with Crippen LogP contribution >= 0.6 is 0 Å². The highest BCUT2D eigenvalue weighted by atomic mass is 16.5. The molecule has 1 amide bonds. The maximum absolute atomic E-state index is 12.6. The smallest absolute Gasteiger partial charge is 0.226 e. The Hall–Kier alpha value is -2.82. The Bertz CT molecular complexity index is 910. The highest BCUT2D eigenvalue weighted by molar-refractivity contribution is 5.79. The van der Waals surface area contributed by atoms with Crippen LogP contribution in [0.4, 0.5) is 0 Å². The number of piperidine rings is 1. The van der Waals surface area contributed by atoms with E-state index in [1.807, 2.05) is 53.7 Å². The third-order valence-electron chi connectivity index (χ3n) is 5.18. The first-order valence-corrected chi connectivity index (χ1v) is 9.07. The van der Waals surface area contributed by atoms with Crippen LogP contribution in [0.15, 0.2) is 54.9 Å². The van der Waals surface area contributed by atoms with Crippen LogP contribution in [-0.4, -0.2) is 40.6 Å². The van der Waals surface area contributed by atoms with Gasteiger partial charge in [0.2, 0.25) is 5.91 Å². The zero-order valence-corrected chi connectivity index (χ0v) is 15.0. The molecule has 26 heavy (non-hydrogen) atoms. The van der Waals surface area contributed by atoms with Crippen LogP contribution in [-0.2, 0) is 11.2 Å². The van der Waals surface area contributed by atoms with Crippen LogP contribution in [0.1, 0.15) is 24.4 Å². The Kier molecular flexibility index (Phi) is 4.61. The van der Waals surface area contributed by atoms with Gasteiger partial charge in [0.15, 0.2) is 0 Å². The Balaban J connectivity index is 1.39. The lowest BCUT2D eigenvalue weighted by molar-refractivity contribution is -0.131. The predicted molar refractivity (Wildman–Crippen MR) is 101 cm³/mol. The van der Waals surface area contributed by atoms with Gasteiger partial charge in [-0.15, -0.1) is 0 Å². The van der Waals surface area contributed by atoms with E-state index in [-0.39, 0.29) is 5.91 Å². The number of nitrogens with zero attached hydrogens (tertiary/aromatic N) is 3. The Morgan fingerprint density at radius 3 is 2.77 bits per heavy atom. The largest absolute Gasteiger partial charge is 0.497 e. The fraction of sp³-hybridized carbons (Fsp3) is 0.333. The number of ether oxygens (including phenoxy) is 1. The topological polar surface area (TPSA) is 47.4 Å². The molecule has 0 radical (unpaired) electrons. The maximum Gasteiger partial charge on any atom is 0.226 e. The number of para-hydroxylation sites is 2. The fourth-order valence-corrected chi connectivity index (χ4v) is 3.73. The third kappa shape index (κ3) is 3.29. The number of rotatable bonds is 4. The normalized spacial score (nSPS) is 15.3. The van der Waals surface area contributed by atoms with Crippen molar-refractivity contribution in [1.82, 2.24) is 14.5 Å². The highest BCUT2D eigenvalue weighted by Crippen LogP contribution is 2.27. The molecule has 2 heterocycles. The minimum atomic E-state index is 0.187. The second-order valence-electron chi connectivity index (χ2n) is 6.78. The summed E-state index contributed by atoms with van der Waals surface area (Å²) in [6, 6.07) is 16.4. The lowest BCUT2D eigenvalue weighted by atomic mass is 10.0. The number of carbonyl (C=O) groups is 1. The Labute approximate surface area is 153 Å². The van der Waals surface area contributed by atoms with E-state index in [4.69, 9.17) is 4.74 Å². The van der Waals surface area contributed by atoms with Gasteiger partial charge in [-0.25, -0.2) is 4.98 Å². The maximum atomic E-state index is 12.6. The molecule has 0 bridgehead atoms. The number of methoxy groups -OCH3 is 1. The van der Waals surface area contributed by atoms with E-state index in [1.54, 1.807) is 7.11 Å². The average Bonchev–Trinajstić information content (AvgIpc) is 3.12. The minimum Gasteiger partial charge on any atom is -0.497 e. The van der Waals surface area contributed by atoms with Gasteiger partial charge >= 0.3 is 0 Å². The molecule has 3 aromatic rings. The molecule has 1 aromatic heterocycles. The summed E-state index contributed by atoms with van der Waals surface area (Å²) < 4.78 is 7.50. The van der Waals surface area contributed by atoms with Crippen LogP contribution in [0.2, 0.25) is 0 Å². The molecular weight excluding hydrogens is 326 g/mol. The van der Waals surface area contributed by atoms with Crippen molar-refractivity contribution >= 4 is 16.9 Å². The highest BCUT2D eigenvalue weighted by Gasteiger charge is 2.24. The molecule has 5 heteroatoms. The first-order valence-electron chi connectivity index (χ1n) is 9.07. The predicted octanol–water partition coefficient (Wildman–Crippen LogP) is 3.45. The van der Waals surface area contributed by atoms with Gasteiger partial charge in [0.1, 0.15) is 5.75 Å². The van der Waals surface area contributed by atoms with E-state index in [0.717, 1.165) is 42.8 Å². The summed E-state index contributed by atoms with van der Waals surface area (Å²) >= 11 is 0. The quantitative estimate of drug-likeness (QED) is 0.725. The van der Waals surface area contributed by atoms with Crippen LogP contribution in [0, 0.1) is 0 Å². The standard InChI is InChI=1S/C21H23N3O2/c1-26-18-6-4-5-16(13-18)14-21(25)23-11-9-17(10-12-23)24-15-22-19-7-2-3-8-20(19)24/h2-8,13,15,17H,9-12,14H2,1H3. The number of fused-ring (bicyclic) bond motifs is 1. The van der Waals surface area contributed by atoms with Gasteiger partial charge in [0.05, 0.1) is 30.9 Å². The summed E-state index contributed by atoms with van der Waals surface area (Å²) in [5.74, 6) is 0.980. The molecule has 1 aliphatic heterocycles. The summed E-state index contributed by atoms with van der Waals surface area (Å²) in [5.41, 5.74) is 3.20. The summed E-state index contributed by atoms with van der Waals surface area (Å²) in [7, 11) is 1.64. The van der Waals surface area contributed by atoms with Crippen LogP contribution < -0.4 is 4.74 Å². The molecule has 1 fully saturated rings. The lowest BCUT2D eigenvalue weighted by Crippen LogP contribution is -2.39. The number of likely N-dealkylation sites (tertiary alicyclic amines) is 1. The van der Waals surface area contributed by atoms with Crippen LogP contribution in [0.3, 0.4) is 0 Å².